The van der Waals surface area contributed by atoms with E-state index in [1.807, 2.05) is 50.2 Å². The number of carbonyl (C=O) groups is 6. The van der Waals surface area contributed by atoms with Gasteiger partial charge in [-0.3, -0.25) is 28.5 Å². The number of primary amides is 1. The fraction of sp³-hybridized carbons (Fsp3) is 0.458. The maximum Gasteiger partial charge on any atom is 0.341 e. The number of Topliss-reactive ketones (excluding diaryl/α,β-unsaturated/α-hetero) is 1. The number of methoxy groups -OCH3 is 2. The van der Waals surface area contributed by atoms with Gasteiger partial charge in [-0.05, 0) is 113 Å². The van der Waals surface area contributed by atoms with Gasteiger partial charge in [0, 0.05) is 32.3 Å². The average Bonchev–Trinajstić information content (AvgIpc) is 3.21. The maximum absolute atomic E-state index is 11.2. The second kappa shape index (κ2) is 36.7. The predicted octanol–water partition coefficient (Wildman–Crippen LogP) is 9.91. The topological polar surface area (TPSA) is 249 Å². The Kier molecular flexibility index (Phi) is 37.8. The predicted molar refractivity (Wildman–Crippen MR) is 262 cm³/mol. The smallest absolute Gasteiger partial charge is 0.341 e. The maximum atomic E-state index is 11.2. The van der Waals surface area contributed by atoms with Crippen LogP contribution in [0.3, 0.4) is 0 Å². The van der Waals surface area contributed by atoms with Gasteiger partial charge in [-0.2, -0.15) is 0 Å². The van der Waals surface area contributed by atoms with E-state index >= 15 is 0 Å². The highest BCUT2D eigenvalue weighted by Gasteiger charge is 2.25. The quantitative estimate of drug-likeness (QED) is 0.0320. The van der Waals surface area contributed by atoms with Crippen molar-refractivity contribution in [1.29, 1.82) is 0 Å². The number of hydrogen-bond donors (Lipinski definition) is 2. The Hall–Kier alpha value is -4.53. The molecule has 366 valence electrons. The first-order chi connectivity index (χ1) is 29.3. The molecule has 0 aliphatic heterocycles. The van der Waals surface area contributed by atoms with Crippen LogP contribution in [-0.2, 0) is 66.3 Å². The number of rotatable bonds is 17. The van der Waals surface area contributed by atoms with Crippen LogP contribution in [0.1, 0.15) is 113 Å². The van der Waals surface area contributed by atoms with E-state index in [0.29, 0.717) is 24.2 Å². The summed E-state index contributed by atoms with van der Waals surface area (Å²) in [6.45, 7) is 18.8. The van der Waals surface area contributed by atoms with E-state index in [1.165, 1.54) is 56.8 Å². The zero-order valence-electron chi connectivity index (χ0n) is 40.3. The van der Waals surface area contributed by atoms with Gasteiger partial charge in [0.05, 0.1) is 14.2 Å². The molecule has 14 nitrogen and oxygen atoms in total. The highest BCUT2D eigenvalue weighted by molar-refractivity contribution is 7.54. The highest BCUT2D eigenvalue weighted by atomic mass is 35.5. The van der Waals surface area contributed by atoms with Crippen molar-refractivity contribution in [2.24, 2.45) is 23.5 Å². The standard InChI is InChI=1S/C15H20O2.C14H21NO.C12H16O.C5H11O5P.C2Cl2O2.H3N.H2O/c1-11(2)9-13-5-7-14(8-6-13)12(3)10-15(16)17-4;1-10(2)8-12-4-6-13(7-5-12)11(3)9-14(15)16;1-9(2)8-11-4-6-12(7-5-11)10(3)13;1-8-5(6)4-11(7,9-2)10-3;3-1(5)2(4)6;;/h5-8,10-11H,9H2,1-4H3;4-7,10-11H,8-9H2,1-3H3,(H2,15,16);4-7,9H,8H2,1-3H3;4H2,1-3H3;;1H3;1H2. The molecular formula is C48H73Cl2N2O12P. The molecule has 0 fully saturated rings. The zero-order chi connectivity index (χ0) is 48.9. The number of halogens is 2. The highest BCUT2D eigenvalue weighted by Crippen LogP contribution is 2.45. The second-order valence-electron chi connectivity index (χ2n) is 15.7. The Labute approximate surface area is 396 Å². The van der Waals surface area contributed by atoms with E-state index in [9.17, 15) is 33.3 Å². The number of carbonyl (C=O) groups excluding carboxylic acids is 6. The third-order valence-electron chi connectivity index (χ3n) is 8.55. The molecule has 0 saturated carbocycles. The summed E-state index contributed by atoms with van der Waals surface area (Å²) in [5.74, 6) is 1.19. The monoisotopic (exact) mass is 970 g/mol. The van der Waals surface area contributed by atoms with E-state index in [1.54, 1.807) is 6.92 Å². The van der Waals surface area contributed by atoms with Gasteiger partial charge >= 0.3 is 30.0 Å². The molecule has 0 radical (unpaired) electrons. The first-order valence-corrected chi connectivity index (χ1v) is 22.8. The fourth-order valence-electron chi connectivity index (χ4n) is 5.34. The molecule has 0 saturated heterocycles. The molecule has 1 unspecified atom stereocenters. The van der Waals surface area contributed by atoms with Crippen molar-refractivity contribution >= 4 is 70.5 Å². The van der Waals surface area contributed by atoms with Gasteiger partial charge in [-0.15, -0.1) is 0 Å². The van der Waals surface area contributed by atoms with Crippen molar-refractivity contribution in [3.63, 3.8) is 0 Å². The van der Waals surface area contributed by atoms with Crippen LogP contribution in [0.25, 0.3) is 5.57 Å². The molecule has 1 amide bonds. The van der Waals surface area contributed by atoms with Crippen LogP contribution < -0.4 is 11.9 Å². The first kappa shape index (κ1) is 67.1. The van der Waals surface area contributed by atoms with E-state index < -0.39 is 24.0 Å². The van der Waals surface area contributed by atoms with Crippen molar-refractivity contribution in [3.8, 4) is 0 Å². The molecule has 0 heterocycles. The van der Waals surface area contributed by atoms with Gasteiger partial charge < -0.3 is 35.9 Å². The third kappa shape index (κ3) is 33.6. The first-order valence-electron chi connectivity index (χ1n) is 20.3. The molecule has 1 atom stereocenters. The minimum Gasteiger partial charge on any atom is -0.469 e. The van der Waals surface area contributed by atoms with Crippen molar-refractivity contribution in [2.75, 3.05) is 34.6 Å². The van der Waals surface area contributed by atoms with Crippen LogP contribution in [0.4, 0.5) is 0 Å². The molecule has 0 aromatic heterocycles. The zero-order valence-corrected chi connectivity index (χ0v) is 42.7. The minimum atomic E-state index is -3.23. The lowest BCUT2D eigenvalue weighted by Gasteiger charge is -2.11. The van der Waals surface area contributed by atoms with Gasteiger partial charge in [-0.1, -0.05) is 121 Å². The molecule has 7 N–H and O–H groups in total. The molecule has 0 aliphatic carbocycles. The summed E-state index contributed by atoms with van der Waals surface area (Å²) in [6.07, 6.45) is 4.85. The number of ether oxygens (including phenoxy) is 2. The summed E-state index contributed by atoms with van der Waals surface area (Å²) in [4.78, 5) is 62.4. The fourth-order valence-corrected chi connectivity index (χ4v) is 6.19. The molecule has 3 rings (SSSR count). The normalized spacial score (nSPS) is 10.9. The summed E-state index contributed by atoms with van der Waals surface area (Å²) < 4.78 is 29.0. The lowest BCUT2D eigenvalue weighted by molar-refractivity contribution is -0.138. The van der Waals surface area contributed by atoms with Crippen LogP contribution >= 0.6 is 30.8 Å². The molecule has 0 spiro atoms. The van der Waals surface area contributed by atoms with Gasteiger partial charge in [0.2, 0.25) is 5.91 Å². The Morgan fingerprint density at radius 3 is 1.25 bits per heavy atom. The Balaban J connectivity index is -0.000000366. The molecule has 0 bridgehead atoms. The number of nitrogens with two attached hydrogens (primary N) is 1. The number of esters is 2. The van der Waals surface area contributed by atoms with Gasteiger partial charge in [0.15, 0.2) is 5.78 Å². The summed E-state index contributed by atoms with van der Waals surface area (Å²) in [7, 11) is 1.80. The van der Waals surface area contributed by atoms with E-state index in [2.05, 4.69) is 120 Å². The average molecular weight is 972 g/mol. The lowest BCUT2D eigenvalue weighted by atomic mass is 9.95. The van der Waals surface area contributed by atoms with E-state index in [-0.39, 0.29) is 41.4 Å². The van der Waals surface area contributed by atoms with Crippen molar-refractivity contribution < 1.29 is 57.3 Å². The van der Waals surface area contributed by atoms with E-state index in [0.717, 1.165) is 36.0 Å². The summed E-state index contributed by atoms with van der Waals surface area (Å²) >= 11 is 8.98. The molecule has 3 aromatic rings. The third-order valence-corrected chi connectivity index (χ3v) is 10.8. The lowest BCUT2D eigenvalue weighted by Crippen LogP contribution is -2.13. The summed E-state index contributed by atoms with van der Waals surface area (Å²) in [5.41, 5.74) is 13.1. The van der Waals surface area contributed by atoms with Crippen LogP contribution in [0.2, 0.25) is 0 Å². The van der Waals surface area contributed by atoms with Crippen LogP contribution in [0.15, 0.2) is 78.9 Å². The molecule has 0 aliphatic rings. The number of amides is 1. The minimum absolute atomic E-state index is 0. The number of allylic oxidation sites excluding steroid dienone is 1. The van der Waals surface area contributed by atoms with Crippen LogP contribution in [0.5, 0.6) is 0 Å². The number of benzene rings is 3. The molecule has 3 aromatic carbocycles. The second-order valence-corrected chi connectivity index (χ2v) is 18.6. The van der Waals surface area contributed by atoms with Crippen molar-refractivity contribution in [1.82, 2.24) is 6.15 Å². The Morgan fingerprint density at radius 2 is 0.969 bits per heavy atom. The van der Waals surface area contributed by atoms with Crippen LogP contribution in [-0.4, -0.2) is 74.2 Å². The summed E-state index contributed by atoms with van der Waals surface area (Å²) in [5, 5.41) is -2.28. The number of ketones is 1. The Bertz CT molecular complexity index is 1910. The molecule has 17 heteroatoms. The largest absolute Gasteiger partial charge is 0.469 e. The molecular weight excluding hydrogens is 898 g/mol. The van der Waals surface area contributed by atoms with Gasteiger partial charge in [-0.25, -0.2) is 4.79 Å². The van der Waals surface area contributed by atoms with Crippen LogP contribution in [0, 0.1) is 17.8 Å². The SMILES string of the molecule is CC(=O)c1ccc(CC(C)C)cc1.CC(C)Cc1ccc(C(C)CC(N)=O)cc1.COC(=O)C=C(C)c1ccc(CC(C)C)cc1.COC(=O)CP(=O)(OC)OC.N.O.O=C(Cl)C(=O)Cl. The Morgan fingerprint density at radius 1 is 0.615 bits per heavy atom. The van der Waals surface area contributed by atoms with E-state index in [4.69, 9.17) is 5.73 Å². The summed E-state index contributed by atoms with van der Waals surface area (Å²) in [6, 6.07) is 24.7. The van der Waals surface area contributed by atoms with Crippen molar-refractivity contribution in [2.45, 2.75) is 93.9 Å². The van der Waals surface area contributed by atoms with Gasteiger partial charge in [0.1, 0.15) is 6.16 Å². The molecule has 65 heavy (non-hydrogen) atoms. The van der Waals surface area contributed by atoms with Gasteiger partial charge in [0.25, 0.3) is 0 Å². The number of hydrogen-bond acceptors (Lipinski definition) is 12. The van der Waals surface area contributed by atoms with Crippen molar-refractivity contribution in [3.05, 3.63) is 112 Å².